The number of likely N-dealkylation sites (tertiary alicyclic amines) is 1. The van der Waals surface area contributed by atoms with Gasteiger partial charge in [0.2, 0.25) is 5.91 Å². The van der Waals surface area contributed by atoms with E-state index in [1.807, 2.05) is 15.5 Å². The molecular formula is C23H24N4O5. The van der Waals surface area contributed by atoms with Crippen LogP contribution < -0.4 is 20.6 Å². The van der Waals surface area contributed by atoms with Crippen LogP contribution in [0.15, 0.2) is 46.2 Å². The van der Waals surface area contributed by atoms with Crippen molar-refractivity contribution in [2.24, 2.45) is 5.92 Å². The van der Waals surface area contributed by atoms with Crippen LogP contribution in [0.3, 0.4) is 0 Å². The maximum atomic E-state index is 13.1. The normalized spacial score (nSPS) is 19.5. The zero-order valence-corrected chi connectivity index (χ0v) is 18.0. The van der Waals surface area contributed by atoms with E-state index in [9.17, 15) is 14.4 Å². The number of benzene rings is 1. The lowest BCUT2D eigenvalue weighted by molar-refractivity contribution is -0.134. The van der Waals surface area contributed by atoms with E-state index < -0.39 is 0 Å². The lowest BCUT2D eigenvalue weighted by Crippen LogP contribution is -2.50. The van der Waals surface area contributed by atoms with Crippen LogP contribution >= 0.6 is 0 Å². The highest BCUT2D eigenvalue weighted by atomic mass is 16.5. The minimum absolute atomic E-state index is 0.0119. The fourth-order valence-corrected chi connectivity index (χ4v) is 4.94. The summed E-state index contributed by atoms with van der Waals surface area (Å²) >= 11 is 0. The molecule has 2 aromatic heterocycles. The van der Waals surface area contributed by atoms with E-state index in [-0.39, 0.29) is 35.4 Å². The molecule has 32 heavy (non-hydrogen) atoms. The van der Waals surface area contributed by atoms with Gasteiger partial charge in [-0.25, -0.2) is 4.98 Å². The highest BCUT2D eigenvalue weighted by molar-refractivity contribution is 5.82. The summed E-state index contributed by atoms with van der Waals surface area (Å²) in [4.78, 5) is 44.5. The van der Waals surface area contributed by atoms with Crippen molar-refractivity contribution in [3.8, 4) is 11.5 Å². The number of carbonyl (C=O) groups excluding carboxylic acids is 1. The summed E-state index contributed by atoms with van der Waals surface area (Å²) < 4.78 is 13.7. The van der Waals surface area contributed by atoms with Crippen LogP contribution in [0.25, 0.3) is 10.9 Å². The molecule has 0 spiro atoms. The van der Waals surface area contributed by atoms with E-state index in [1.54, 1.807) is 24.3 Å². The predicted molar refractivity (Wildman–Crippen MR) is 117 cm³/mol. The first-order valence-corrected chi connectivity index (χ1v) is 10.6. The number of amides is 1. The van der Waals surface area contributed by atoms with Gasteiger partial charge in [0.1, 0.15) is 6.54 Å². The molecule has 2 aliphatic rings. The highest BCUT2D eigenvalue weighted by Crippen LogP contribution is 2.35. The van der Waals surface area contributed by atoms with Crippen molar-refractivity contribution in [3.05, 3.63) is 63.1 Å². The van der Waals surface area contributed by atoms with Crippen LogP contribution in [-0.2, 0) is 17.9 Å². The van der Waals surface area contributed by atoms with Crippen molar-refractivity contribution < 1.29 is 14.3 Å². The van der Waals surface area contributed by atoms with Crippen LogP contribution in [0.2, 0.25) is 0 Å². The Kier molecular flexibility index (Phi) is 4.96. The van der Waals surface area contributed by atoms with E-state index in [4.69, 9.17) is 9.47 Å². The Hall–Kier alpha value is -3.62. The quantitative estimate of drug-likeness (QED) is 0.610. The van der Waals surface area contributed by atoms with Crippen molar-refractivity contribution >= 4 is 16.8 Å². The molecule has 0 saturated carbocycles. The summed E-state index contributed by atoms with van der Waals surface area (Å²) in [7, 11) is 3.02. The van der Waals surface area contributed by atoms with Crippen LogP contribution in [-0.4, -0.2) is 52.2 Å². The zero-order chi connectivity index (χ0) is 22.4. The second-order valence-electron chi connectivity index (χ2n) is 8.40. The Bertz CT molecular complexity index is 1330. The SMILES string of the molecule is COc1cc2ncn(CC(=O)N3C[C@H]4C[C@@H](C3)c3cccc(=O)n3C4)c(=O)c2cc1OC. The molecule has 2 bridgehead atoms. The number of carbonyl (C=O) groups is 1. The molecule has 1 saturated heterocycles. The third-order valence-corrected chi connectivity index (χ3v) is 6.47. The van der Waals surface area contributed by atoms with Gasteiger partial charge in [-0.05, 0) is 24.5 Å². The van der Waals surface area contributed by atoms with E-state index in [2.05, 4.69) is 4.98 Å². The van der Waals surface area contributed by atoms with E-state index >= 15 is 0 Å². The predicted octanol–water partition coefficient (Wildman–Crippen LogP) is 1.22. The monoisotopic (exact) mass is 436 g/mol. The van der Waals surface area contributed by atoms with Crippen LogP contribution in [0.1, 0.15) is 18.0 Å². The van der Waals surface area contributed by atoms with E-state index in [1.165, 1.54) is 25.1 Å². The first kappa shape index (κ1) is 20.3. The van der Waals surface area contributed by atoms with Crippen molar-refractivity contribution in [3.63, 3.8) is 0 Å². The van der Waals surface area contributed by atoms with Crippen LogP contribution in [0.5, 0.6) is 11.5 Å². The number of aromatic nitrogens is 3. The molecule has 9 nitrogen and oxygen atoms in total. The summed E-state index contributed by atoms with van der Waals surface area (Å²) in [6, 6.07) is 8.56. The minimum atomic E-state index is -0.307. The number of pyridine rings is 1. The van der Waals surface area contributed by atoms with Gasteiger partial charge < -0.3 is 18.9 Å². The maximum Gasteiger partial charge on any atom is 0.261 e. The van der Waals surface area contributed by atoms with Gasteiger partial charge in [0.05, 0.1) is 31.4 Å². The third kappa shape index (κ3) is 3.34. The molecule has 0 radical (unpaired) electrons. The molecule has 1 amide bonds. The number of fused-ring (bicyclic) bond motifs is 5. The van der Waals surface area contributed by atoms with Gasteiger partial charge in [-0.15, -0.1) is 0 Å². The highest BCUT2D eigenvalue weighted by Gasteiger charge is 2.36. The van der Waals surface area contributed by atoms with Gasteiger partial charge in [-0.3, -0.25) is 19.0 Å². The number of nitrogens with zero attached hydrogens (tertiary/aromatic N) is 4. The number of methoxy groups -OCH3 is 2. The van der Waals surface area contributed by atoms with Gasteiger partial charge in [0.25, 0.3) is 11.1 Å². The van der Waals surface area contributed by atoms with Crippen molar-refractivity contribution in [1.29, 1.82) is 0 Å². The average Bonchev–Trinajstić information content (AvgIpc) is 2.80. The summed E-state index contributed by atoms with van der Waals surface area (Å²) in [6.45, 7) is 1.65. The third-order valence-electron chi connectivity index (χ3n) is 6.47. The van der Waals surface area contributed by atoms with Gasteiger partial charge in [0.15, 0.2) is 11.5 Å². The molecule has 0 aliphatic carbocycles. The van der Waals surface area contributed by atoms with Crippen LogP contribution in [0.4, 0.5) is 0 Å². The summed E-state index contributed by atoms with van der Waals surface area (Å²) in [6.07, 6.45) is 2.36. The van der Waals surface area contributed by atoms with Crippen molar-refractivity contribution in [2.45, 2.75) is 25.4 Å². The Labute approximate surface area is 183 Å². The topological polar surface area (TPSA) is 95.7 Å². The molecule has 2 aliphatic heterocycles. The van der Waals surface area contributed by atoms with E-state index in [0.29, 0.717) is 42.0 Å². The van der Waals surface area contributed by atoms with Crippen LogP contribution in [0, 0.1) is 5.92 Å². The minimum Gasteiger partial charge on any atom is -0.493 e. The molecule has 0 N–H and O–H groups in total. The standard InChI is InChI=1S/C23H24N4O5/c1-31-19-7-16-17(8-20(19)32-2)24-13-26(23(16)30)12-22(29)25-9-14-6-15(11-25)18-4-3-5-21(28)27(18)10-14/h3-5,7-8,13-15H,6,9-12H2,1-2H3/t14-,15+/m1/s1. The summed E-state index contributed by atoms with van der Waals surface area (Å²) in [5.74, 6) is 1.15. The molecule has 0 unspecified atom stereocenters. The molecule has 1 aromatic carbocycles. The first-order chi connectivity index (χ1) is 15.5. The number of hydrogen-bond acceptors (Lipinski definition) is 6. The van der Waals surface area contributed by atoms with Gasteiger partial charge in [-0.1, -0.05) is 6.07 Å². The Balaban J connectivity index is 1.40. The lowest BCUT2D eigenvalue weighted by atomic mass is 9.83. The first-order valence-electron chi connectivity index (χ1n) is 10.6. The molecule has 2 atom stereocenters. The lowest BCUT2D eigenvalue weighted by Gasteiger charge is -2.42. The largest absolute Gasteiger partial charge is 0.493 e. The molecule has 5 rings (SSSR count). The Morgan fingerprint density at radius 2 is 1.88 bits per heavy atom. The summed E-state index contributed by atoms with van der Waals surface area (Å²) in [5.41, 5.74) is 1.17. The molecule has 3 aromatic rings. The second kappa shape index (κ2) is 7.81. The number of hydrogen-bond donors (Lipinski definition) is 0. The number of piperidine rings is 1. The van der Waals surface area contributed by atoms with E-state index in [0.717, 1.165) is 12.1 Å². The van der Waals surface area contributed by atoms with Crippen molar-refractivity contribution in [2.75, 3.05) is 27.3 Å². The smallest absolute Gasteiger partial charge is 0.261 e. The molecule has 9 heteroatoms. The average molecular weight is 436 g/mol. The molecule has 166 valence electrons. The molecule has 1 fully saturated rings. The molecular weight excluding hydrogens is 412 g/mol. The van der Waals surface area contributed by atoms with Gasteiger partial charge in [0, 0.05) is 43.4 Å². The Morgan fingerprint density at radius 3 is 2.66 bits per heavy atom. The fraction of sp³-hybridized carbons (Fsp3) is 0.391. The fourth-order valence-electron chi connectivity index (χ4n) is 4.94. The zero-order valence-electron chi connectivity index (χ0n) is 18.0. The van der Waals surface area contributed by atoms with Gasteiger partial charge >= 0.3 is 0 Å². The van der Waals surface area contributed by atoms with Crippen molar-refractivity contribution in [1.82, 2.24) is 19.0 Å². The molecule has 4 heterocycles. The number of rotatable bonds is 4. The van der Waals surface area contributed by atoms with Gasteiger partial charge in [-0.2, -0.15) is 0 Å². The summed E-state index contributed by atoms with van der Waals surface area (Å²) in [5, 5.41) is 0.363. The maximum absolute atomic E-state index is 13.1. The second-order valence-corrected chi connectivity index (χ2v) is 8.40. The number of ether oxygens (including phenoxy) is 2. The Morgan fingerprint density at radius 1 is 1.09 bits per heavy atom.